The first-order valence-electron chi connectivity index (χ1n) is 10.1. The lowest BCUT2D eigenvalue weighted by molar-refractivity contribution is 0.214. The minimum atomic E-state index is -0.609. The molecule has 9 heteroatoms. The summed E-state index contributed by atoms with van der Waals surface area (Å²) in [5, 5.41) is 13.2. The molecule has 0 saturated heterocycles. The van der Waals surface area contributed by atoms with Gasteiger partial charge in [0.1, 0.15) is 12.4 Å². The fourth-order valence-corrected chi connectivity index (χ4v) is 4.33. The molecule has 0 amide bonds. The van der Waals surface area contributed by atoms with E-state index < -0.39 is 6.23 Å². The molecule has 1 atom stereocenters. The van der Waals surface area contributed by atoms with Gasteiger partial charge in [0.15, 0.2) is 5.69 Å². The molecule has 1 N–H and O–H groups in total. The van der Waals surface area contributed by atoms with Crippen LogP contribution in [0.4, 0.5) is 5.69 Å². The number of ether oxygens (including phenoxy) is 2. The third-order valence-corrected chi connectivity index (χ3v) is 6.33. The average Bonchev–Trinajstić information content (AvgIpc) is 3.00. The Bertz CT molecular complexity index is 1310. The normalized spacial score (nSPS) is 14.3. The first-order chi connectivity index (χ1) is 16.1. The van der Waals surface area contributed by atoms with Crippen LogP contribution in [0, 0.1) is 0 Å². The van der Waals surface area contributed by atoms with Gasteiger partial charge in [-0.1, -0.05) is 69.6 Å². The molecule has 33 heavy (non-hydrogen) atoms. The summed E-state index contributed by atoms with van der Waals surface area (Å²) in [5.74, 6) is 1.05. The van der Waals surface area contributed by atoms with Gasteiger partial charge in [0.05, 0.1) is 5.56 Å². The van der Waals surface area contributed by atoms with Gasteiger partial charge in [-0.05, 0) is 48.2 Å². The zero-order valence-corrected chi connectivity index (χ0v) is 20.6. The van der Waals surface area contributed by atoms with E-state index in [9.17, 15) is 0 Å². The van der Waals surface area contributed by atoms with Gasteiger partial charge >= 0.3 is 0 Å². The summed E-state index contributed by atoms with van der Waals surface area (Å²) in [7, 11) is 0. The molecular formula is C24H18BrClN4O2S. The van der Waals surface area contributed by atoms with Crippen LogP contribution in [0.15, 0.2) is 76.4 Å². The van der Waals surface area contributed by atoms with Crippen molar-refractivity contribution in [2.45, 2.75) is 18.0 Å². The Balaban J connectivity index is 1.56. The van der Waals surface area contributed by atoms with Crippen LogP contribution in [0.2, 0.25) is 5.02 Å². The van der Waals surface area contributed by atoms with Crippen molar-refractivity contribution in [2.75, 3.05) is 11.6 Å². The molecule has 0 saturated carbocycles. The molecular weight excluding hydrogens is 524 g/mol. The monoisotopic (exact) mass is 540 g/mol. The third kappa shape index (κ3) is 4.78. The van der Waals surface area contributed by atoms with Crippen molar-refractivity contribution in [3.63, 3.8) is 0 Å². The number of hydrogen-bond acceptors (Lipinski definition) is 7. The molecule has 2 heterocycles. The van der Waals surface area contributed by atoms with E-state index in [4.69, 9.17) is 21.1 Å². The Labute approximate surface area is 208 Å². The Morgan fingerprint density at radius 3 is 2.76 bits per heavy atom. The highest BCUT2D eigenvalue weighted by molar-refractivity contribution is 9.10. The Hall–Kier alpha value is -2.81. The lowest BCUT2D eigenvalue weighted by Gasteiger charge is -2.22. The van der Waals surface area contributed by atoms with Gasteiger partial charge in [-0.3, -0.25) is 0 Å². The second-order valence-electron chi connectivity index (χ2n) is 7.24. The second kappa shape index (κ2) is 9.59. The van der Waals surface area contributed by atoms with Gasteiger partial charge < -0.3 is 14.8 Å². The maximum Gasteiger partial charge on any atom is 0.247 e. The van der Waals surface area contributed by atoms with Crippen LogP contribution in [0.5, 0.6) is 11.6 Å². The van der Waals surface area contributed by atoms with Crippen molar-refractivity contribution in [1.29, 1.82) is 0 Å². The average molecular weight is 542 g/mol. The largest absolute Gasteiger partial charge is 0.488 e. The highest BCUT2D eigenvalue weighted by atomic mass is 79.9. The summed E-state index contributed by atoms with van der Waals surface area (Å²) in [6.45, 7) is 0.419. The van der Waals surface area contributed by atoms with E-state index >= 15 is 0 Å². The zero-order valence-electron chi connectivity index (χ0n) is 17.5. The first kappa shape index (κ1) is 22.0. The van der Waals surface area contributed by atoms with Crippen LogP contribution in [0.25, 0.3) is 11.3 Å². The van der Waals surface area contributed by atoms with Crippen LogP contribution in [0.1, 0.15) is 17.4 Å². The van der Waals surface area contributed by atoms with E-state index in [1.165, 1.54) is 11.8 Å². The van der Waals surface area contributed by atoms with Gasteiger partial charge in [0.2, 0.25) is 17.3 Å². The third-order valence-electron chi connectivity index (χ3n) is 5.06. The number of nitrogens with zero attached hydrogens (tertiary/aromatic N) is 3. The minimum Gasteiger partial charge on any atom is -0.488 e. The van der Waals surface area contributed by atoms with Crippen LogP contribution in [0.3, 0.4) is 0 Å². The number of thioether (sulfide) groups is 1. The molecule has 0 spiro atoms. The summed E-state index contributed by atoms with van der Waals surface area (Å²) in [5.41, 5.74) is 4.06. The highest BCUT2D eigenvalue weighted by Gasteiger charge is 2.28. The quantitative estimate of drug-likeness (QED) is 0.280. The van der Waals surface area contributed by atoms with E-state index in [1.54, 1.807) is 6.07 Å². The van der Waals surface area contributed by atoms with Gasteiger partial charge in [-0.25, -0.2) is 0 Å². The highest BCUT2D eigenvalue weighted by Crippen LogP contribution is 2.42. The lowest BCUT2D eigenvalue weighted by Crippen LogP contribution is -2.18. The molecule has 1 aliphatic heterocycles. The number of anilines is 1. The molecule has 5 rings (SSSR count). The van der Waals surface area contributed by atoms with E-state index in [-0.39, 0.29) is 0 Å². The topological polar surface area (TPSA) is 69.2 Å². The fourth-order valence-electron chi connectivity index (χ4n) is 3.49. The van der Waals surface area contributed by atoms with Gasteiger partial charge in [0.25, 0.3) is 0 Å². The number of aromatic nitrogens is 3. The Kier molecular flexibility index (Phi) is 6.39. The van der Waals surface area contributed by atoms with Gasteiger partial charge in [0, 0.05) is 20.7 Å². The van der Waals surface area contributed by atoms with Crippen molar-refractivity contribution < 1.29 is 9.47 Å². The van der Waals surface area contributed by atoms with Crippen molar-refractivity contribution >= 4 is 45.0 Å². The number of nitrogens with one attached hydrogen (secondary N) is 1. The molecule has 3 aromatic carbocycles. The van der Waals surface area contributed by atoms with Crippen molar-refractivity contribution in [3.05, 3.63) is 87.4 Å². The number of halogens is 2. The van der Waals surface area contributed by atoms with E-state index in [2.05, 4.69) is 36.4 Å². The second-order valence-corrected chi connectivity index (χ2v) is 9.37. The lowest BCUT2D eigenvalue weighted by atomic mass is 10.1. The molecule has 0 unspecified atom stereocenters. The van der Waals surface area contributed by atoms with Gasteiger partial charge in [-0.15, -0.1) is 10.2 Å². The molecule has 0 bridgehead atoms. The predicted molar refractivity (Wildman–Crippen MR) is 134 cm³/mol. The summed E-state index contributed by atoms with van der Waals surface area (Å²) in [6, 6.07) is 21.4. The minimum absolute atomic E-state index is 0.387. The van der Waals surface area contributed by atoms with E-state index in [1.807, 2.05) is 66.9 Å². The molecule has 0 aliphatic carbocycles. The zero-order chi connectivity index (χ0) is 22.8. The number of hydrogen-bond donors (Lipinski definition) is 1. The fraction of sp³-hybridized carbons (Fsp3) is 0.125. The number of benzene rings is 3. The van der Waals surface area contributed by atoms with Crippen LogP contribution >= 0.6 is 39.3 Å². The van der Waals surface area contributed by atoms with E-state index in [0.29, 0.717) is 34.1 Å². The number of rotatable bonds is 5. The summed E-state index contributed by atoms with van der Waals surface area (Å²) >= 11 is 11.3. The SMILES string of the molecule is CSc1nnc2c(n1)O[C@H](c1cc(Cl)ccc1OCc1ccccc1)Nc1ccc(Br)cc1-2. The first-order valence-corrected chi connectivity index (χ1v) is 12.5. The molecule has 0 fully saturated rings. The van der Waals surface area contributed by atoms with E-state index in [0.717, 1.165) is 26.9 Å². The Morgan fingerprint density at radius 1 is 1.09 bits per heavy atom. The maximum atomic E-state index is 6.38. The Morgan fingerprint density at radius 2 is 1.94 bits per heavy atom. The van der Waals surface area contributed by atoms with Crippen molar-refractivity contribution in [1.82, 2.24) is 15.2 Å². The number of fused-ring (bicyclic) bond motifs is 3. The predicted octanol–water partition coefficient (Wildman–Crippen LogP) is 6.76. The standard InChI is InChI=1S/C24H18BrClN4O2S/c1-33-24-28-23-21(29-30-24)17-11-15(25)7-9-19(17)27-22(32-23)18-12-16(26)8-10-20(18)31-13-14-5-3-2-4-6-14/h2-12,22,27H,13H2,1H3/t22-/m1/s1. The molecule has 4 aromatic rings. The molecule has 166 valence electrons. The van der Waals surface area contributed by atoms with Crippen LogP contribution in [-0.2, 0) is 6.61 Å². The molecule has 6 nitrogen and oxygen atoms in total. The summed E-state index contributed by atoms with van der Waals surface area (Å²) < 4.78 is 13.5. The van der Waals surface area contributed by atoms with Crippen molar-refractivity contribution in [2.24, 2.45) is 0 Å². The van der Waals surface area contributed by atoms with Gasteiger partial charge in [-0.2, -0.15) is 4.98 Å². The molecule has 1 aliphatic rings. The van der Waals surface area contributed by atoms with Crippen LogP contribution in [-0.4, -0.2) is 21.4 Å². The maximum absolute atomic E-state index is 6.38. The smallest absolute Gasteiger partial charge is 0.247 e. The summed E-state index contributed by atoms with van der Waals surface area (Å²) in [6.07, 6.45) is 1.29. The van der Waals surface area contributed by atoms with Crippen molar-refractivity contribution in [3.8, 4) is 22.9 Å². The van der Waals surface area contributed by atoms with Crippen LogP contribution < -0.4 is 14.8 Å². The molecule has 1 aromatic heterocycles. The summed E-state index contributed by atoms with van der Waals surface area (Å²) in [4.78, 5) is 4.58. The molecule has 0 radical (unpaired) electrons.